The van der Waals surface area contributed by atoms with Crippen molar-refractivity contribution in [3.63, 3.8) is 0 Å². The molecule has 0 aliphatic carbocycles. The molecule has 1 aliphatic rings. The van der Waals surface area contributed by atoms with E-state index in [4.69, 9.17) is 10.4 Å². The Hall–Kier alpha value is -4.13. The molecular weight excluding hydrogens is 392 g/mol. The summed E-state index contributed by atoms with van der Waals surface area (Å²) < 4.78 is 1.27. The largest absolute Gasteiger partial charge is 0.507 e. The zero-order valence-electron chi connectivity index (χ0n) is 16.0. The quantitative estimate of drug-likeness (QED) is 0.617. The number of nitrogens with zero attached hydrogens (tertiary/aromatic N) is 3. The van der Waals surface area contributed by atoms with Gasteiger partial charge in [0.2, 0.25) is 5.91 Å². The van der Waals surface area contributed by atoms with Crippen molar-refractivity contribution in [3.8, 4) is 11.8 Å². The second kappa shape index (κ2) is 8.08. The molecule has 1 aliphatic heterocycles. The Balaban J connectivity index is 2.17. The van der Waals surface area contributed by atoms with Gasteiger partial charge in [-0.25, -0.2) is 0 Å². The Morgan fingerprint density at radius 3 is 2.70 bits per heavy atom. The summed E-state index contributed by atoms with van der Waals surface area (Å²) in [5.41, 5.74) is 0.0785. The van der Waals surface area contributed by atoms with E-state index in [9.17, 15) is 24.3 Å². The van der Waals surface area contributed by atoms with E-state index < -0.39 is 35.3 Å². The van der Waals surface area contributed by atoms with Gasteiger partial charge < -0.3 is 25.0 Å². The summed E-state index contributed by atoms with van der Waals surface area (Å²) in [6.07, 6.45) is -0.213. The summed E-state index contributed by atoms with van der Waals surface area (Å²) in [4.78, 5) is 49.9. The van der Waals surface area contributed by atoms with Crippen molar-refractivity contribution in [1.29, 1.82) is 5.26 Å². The second-order valence-electron chi connectivity index (χ2n) is 6.86. The molecule has 1 aromatic carbocycles. The number of aliphatic carboxylic acids is 1. The van der Waals surface area contributed by atoms with Gasteiger partial charge >= 0.3 is 5.97 Å². The number of hydrogen-bond acceptors (Lipinski definition) is 6. The van der Waals surface area contributed by atoms with Gasteiger partial charge in [0, 0.05) is 18.3 Å². The lowest BCUT2D eigenvalue weighted by Gasteiger charge is -2.29. The van der Waals surface area contributed by atoms with Crippen LogP contribution in [0.5, 0.6) is 5.75 Å². The van der Waals surface area contributed by atoms with Gasteiger partial charge in [0.15, 0.2) is 0 Å². The number of pyridine rings is 1. The fourth-order valence-corrected chi connectivity index (χ4v) is 3.31. The first-order chi connectivity index (χ1) is 14.2. The highest BCUT2D eigenvalue weighted by Gasteiger charge is 2.31. The first-order valence-electron chi connectivity index (χ1n) is 8.93. The van der Waals surface area contributed by atoms with E-state index in [1.807, 2.05) is 6.07 Å². The fraction of sp³-hybridized carbons (Fsp3) is 0.250. The third kappa shape index (κ3) is 3.86. The predicted molar refractivity (Wildman–Crippen MR) is 103 cm³/mol. The summed E-state index contributed by atoms with van der Waals surface area (Å²) >= 11 is 0. The van der Waals surface area contributed by atoms with Crippen LogP contribution in [0.15, 0.2) is 29.1 Å². The molecule has 0 radical (unpaired) electrons. The number of carboxylic acid groups (broad SMARTS) is 1. The van der Waals surface area contributed by atoms with Crippen molar-refractivity contribution in [2.75, 3.05) is 13.6 Å². The van der Waals surface area contributed by atoms with Crippen molar-refractivity contribution in [1.82, 2.24) is 14.8 Å². The molecule has 0 saturated carbocycles. The minimum atomic E-state index is -1.31. The Morgan fingerprint density at radius 1 is 1.30 bits per heavy atom. The molecule has 10 heteroatoms. The van der Waals surface area contributed by atoms with Crippen molar-refractivity contribution >= 4 is 17.8 Å². The monoisotopic (exact) mass is 410 g/mol. The molecule has 0 unspecified atom stereocenters. The molecule has 2 aromatic rings. The second-order valence-corrected chi connectivity index (χ2v) is 6.86. The number of nitriles is 1. The number of aromatic nitrogens is 1. The number of aromatic hydroxyl groups is 1. The normalized spacial score (nSPS) is 12.8. The zero-order chi connectivity index (χ0) is 22.0. The lowest BCUT2D eigenvalue weighted by atomic mass is 9.99. The number of carboxylic acids is 1. The Bertz CT molecular complexity index is 1160. The molecule has 154 valence electrons. The topological polar surface area (TPSA) is 153 Å². The SMILES string of the molecule is CN1Cc2c(c(O)c(C(=O)NCC(=O)O)c(=O)n2Cc2cccc(C#N)c2)CC1=O. The molecule has 30 heavy (non-hydrogen) atoms. The molecule has 1 aromatic heterocycles. The number of fused-ring (bicyclic) bond motifs is 1. The van der Waals surface area contributed by atoms with Gasteiger partial charge in [-0.15, -0.1) is 0 Å². The van der Waals surface area contributed by atoms with Gasteiger partial charge in [-0.1, -0.05) is 12.1 Å². The molecule has 2 amide bonds. The average Bonchev–Trinajstić information content (AvgIpc) is 2.71. The highest BCUT2D eigenvalue weighted by Crippen LogP contribution is 2.29. The van der Waals surface area contributed by atoms with E-state index in [1.54, 1.807) is 31.3 Å². The van der Waals surface area contributed by atoms with Crippen molar-refractivity contribution in [2.24, 2.45) is 0 Å². The van der Waals surface area contributed by atoms with Gasteiger partial charge in [0.1, 0.15) is 17.9 Å². The first kappa shape index (κ1) is 20.6. The number of amides is 2. The van der Waals surface area contributed by atoms with Crippen molar-refractivity contribution in [2.45, 2.75) is 19.5 Å². The van der Waals surface area contributed by atoms with Crippen LogP contribution in [0.1, 0.15) is 32.7 Å². The van der Waals surface area contributed by atoms with Gasteiger partial charge in [0.25, 0.3) is 11.5 Å². The number of carbonyl (C=O) groups is 3. The predicted octanol–water partition coefficient (Wildman–Crippen LogP) is -0.197. The van der Waals surface area contributed by atoms with E-state index in [-0.39, 0.29) is 31.0 Å². The number of benzene rings is 1. The molecule has 10 nitrogen and oxygen atoms in total. The van der Waals surface area contributed by atoms with E-state index in [1.165, 1.54) is 9.47 Å². The molecule has 2 heterocycles. The van der Waals surface area contributed by atoms with Crippen molar-refractivity contribution in [3.05, 3.63) is 62.6 Å². The number of rotatable bonds is 5. The van der Waals surface area contributed by atoms with E-state index in [2.05, 4.69) is 5.32 Å². The van der Waals surface area contributed by atoms with Gasteiger partial charge in [-0.3, -0.25) is 19.2 Å². The Labute approximate surface area is 170 Å². The first-order valence-corrected chi connectivity index (χ1v) is 8.93. The van der Waals surface area contributed by atoms with Crippen LogP contribution in [-0.2, 0) is 29.1 Å². The third-order valence-corrected chi connectivity index (χ3v) is 4.82. The van der Waals surface area contributed by atoms with Crippen LogP contribution < -0.4 is 10.9 Å². The summed E-state index contributed by atoms with van der Waals surface area (Å²) in [5, 5.41) is 30.5. The molecule has 0 bridgehead atoms. The maximum absolute atomic E-state index is 13.1. The highest BCUT2D eigenvalue weighted by atomic mass is 16.4. The third-order valence-electron chi connectivity index (χ3n) is 4.82. The molecule has 0 saturated heterocycles. The molecule has 0 spiro atoms. The van der Waals surface area contributed by atoms with E-state index >= 15 is 0 Å². The average molecular weight is 410 g/mol. The zero-order valence-corrected chi connectivity index (χ0v) is 16.0. The van der Waals surface area contributed by atoms with Crippen LogP contribution in [0, 0.1) is 11.3 Å². The minimum Gasteiger partial charge on any atom is -0.507 e. The summed E-state index contributed by atoms with van der Waals surface area (Å²) in [6, 6.07) is 8.56. The molecule has 0 atom stereocenters. The van der Waals surface area contributed by atoms with Crippen LogP contribution in [0.3, 0.4) is 0 Å². The van der Waals surface area contributed by atoms with Gasteiger partial charge in [-0.2, -0.15) is 5.26 Å². The van der Waals surface area contributed by atoms with Crippen LogP contribution in [-0.4, -0.2) is 51.1 Å². The molecule has 3 N–H and O–H groups in total. The summed E-state index contributed by atoms with van der Waals surface area (Å²) in [7, 11) is 1.56. The number of carbonyl (C=O) groups excluding carboxylic acids is 2. The van der Waals surface area contributed by atoms with Crippen LogP contribution >= 0.6 is 0 Å². The molecule has 3 rings (SSSR count). The number of likely N-dealkylation sites (N-methyl/N-ethyl adjacent to an activating group) is 1. The van der Waals surface area contributed by atoms with Crippen molar-refractivity contribution < 1.29 is 24.6 Å². The molecular formula is C20H18N4O6. The van der Waals surface area contributed by atoms with Crippen LogP contribution in [0.25, 0.3) is 0 Å². The smallest absolute Gasteiger partial charge is 0.322 e. The Kier molecular flexibility index (Phi) is 5.55. The Morgan fingerprint density at radius 2 is 2.03 bits per heavy atom. The van der Waals surface area contributed by atoms with Crippen LogP contribution in [0.2, 0.25) is 0 Å². The van der Waals surface area contributed by atoms with Gasteiger partial charge in [0.05, 0.1) is 31.1 Å². The highest BCUT2D eigenvalue weighted by molar-refractivity contribution is 5.99. The summed E-state index contributed by atoms with van der Waals surface area (Å²) in [6.45, 7) is -0.690. The number of nitrogens with one attached hydrogen (secondary N) is 1. The van der Waals surface area contributed by atoms with E-state index in [0.717, 1.165) is 0 Å². The fourth-order valence-electron chi connectivity index (χ4n) is 3.31. The maximum Gasteiger partial charge on any atom is 0.322 e. The standard InChI is InChI=1S/C20H18N4O6/c1-23-10-14-13(6-15(23)25)18(28)17(19(29)22-8-16(26)27)20(30)24(14)9-12-4-2-3-11(5-12)7-21/h2-5,28H,6,8-10H2,1H3,(H,22,29)(H,26,27). The number of hydrogen-bond donors (Lipinski definition) is 3. The van der Waals surface area contributed by atoms with Gasteiger partial charge in [-0.05, 0) is 17.7 Å². The van der Waals surface area contributed by atoms with Crippen LogP contribution in [0.4, 0.5) is 0 Å². The minimum absolute atomic E-state index is 0.00178. The summed E-state index contributed by atoms with van der Waals surface area (Å²) in [5.74, 6) is -3.28. The molecule has 0 fully saturated rings. The lowest BCUT2D eigenvalue weighted by molar-refractivity contribution is -0.135. The van der Waals surface area contributed by atoms with E-state index in [0.29, 0.717) is 16.8 Å². The lowest BCUT2D eigenvalue weighted by Crippen LogP contribution is -2.42. The maximum atomic E-state index is 13.1.